The average molecular weight is 329 g/mol. The average Bonchev–Trinajstić information content (AvgIpc) is 2.90. The van der Waals surface area contributed by atoms with Gasteiger partial charge in [0.1, 0.15) is 12.2 Å². The van der Waals surface area contributed by atoms with Crippen LogP contribution in [-0.4, -0.2) is 47.6 Å². The topological polar surface area (TPSA) is 116 Å². The molecule has 9 nitrogen and oxygen atoms in total. The number of rotatable bonds is 4. The van der Waals surface area contributed by atoms with Crippen LogP contribution in [0.3, 0.4) is 0 Å². The Morgan fingerprint density at radius 1 is 1.45 bits per heavy atom. The van der Waals surface area contributed by atoms with Gasteiger partial charge in [-0.1, -0.05) is 11.6 Å². The molecule has 1 aromatic carbocycles. The summed E-state index contributed by atoms with van der Waals surface area (Å²) in [6.07, 6.45) is -0.824. The Balaban J connectivity index is 2.06. The maximum atomic E-state index is 11.9. The van der Waals surface area contributed by atoms with Crippen LogP contribution in [0.15, 0.2) is 18.2 Å². The number of cyclic esters (lactones) is 1. The van der Waals surface area contributed by atoms with Gasteiger partial charge in [0.25, 0.3) is 11.6 Å². The molecule has 2 amide bonds. The quantitative estimate of drug-likeness (QED) is 0.465. The van der Waals surface area contributed by atoms with E-state index >= 15 is 0 Å². The van der Waals surface area contributed by atoms with Gasteiger partial charge in [-0.05, 0) is 12.1 Å². The van der Waals surface area contributed by atoms with Crippen molar-refractivity contribution in [1.29, 1.82) is 0 Å². The first kappa shape index (κ1) is 15.7. The molecule has 1 aliphatic heterocycles. The van der Waals surface area contributed by atoms with E-state index in [1.54, 1.807) is 0 Å². The van der Waals surface area contributed by atoms with Crippen LogP contribution >= 0.6 is 11.6 Å². The third-order valence-corrected chi connectivity index (χ3v) is 3.00. The lowest BCUT2D eigenvalue weighted by molar-refractivity contribution is -0.385. The predicted molar refractivity (Wildman–Crippen MR) is 71.4 cm³/mol. The van der Waals surface area contributed by atoms with Gasteiger partial charge in [-0.2, -0.15) is 0 Å². The monoisotopic (exact) mass is 328 g/mol. The van der Waals surface area contributed by atoms with Crippen molar-refractivity contribution in [2.24, 2.45) is 0 Å². The summed E-state index contributed by atoms with van der Waals surface area (Å²) in [7, 11) is 0. The molecule has 0 saturated carbocycles. The summed E-state index contributed by atoms with van der Waals surface area (Å²) in [5.74, 6) is -1.87. The fraction of sp³-hybridized carbons (Fsp3) is 0.250. The van der Waals surface area contributed by atoms with Crippen LogP contribution in [0, 0.1) is 10.1 Å². The Morgan fingerprint density at radius 3 is 2.77 bits per heavy atom. The van der Waals surface area contributed by atoms with Crippen LogP contribution in [0.25, 0.3) is 0 Å². The second-order valence-electron chi connectivity index (χ2n) is 4.15. The van der Waals surface area contributed by atoms with Crippen LogP contribution in [-0.2, 0) is 14.3 Å². The number of nitro benzene ring substituents is 1. The number of hydrogen-bond acceptors (Lipinski definition) is 7. The van der Waals surface area contributed by atoms with E-state index in [4.69, 9.17) is 16.3 Å². The summed E-state index contributed by atoms with van der Waals surface area (Å²) < 4.78 is 9.26. The van der Waals surface area contributed by atoms with Crippen molar-refractivity contribution >= 4 is 35.3 Å². The van der Waals surface area contributed by atoms with E-state index in [9.17, 15) is 24.5 Å². The smallest absolute Gasteiger partial charge is 0.416 e. The van der Waals surface area contributed by atoms with Crippen molar-refractivity contribution in [3.63, 3.8) is 0 Å². The molecule has 116 valence electrons. The fourth-order valence-electron chi connectivity index (χ4n) is 1.73. The van der Waals surface area contributed by atoms with E-state index in [0.29, 0.717) is 0 Å². The number of carbonyl (C=O) groups excluding carboxylic acids is 3. The summed E-state index contributed by atoms with van der Waals surface area (Å²) in [5, 5.41) is 10.9. The van der Waals surface area contributed by atoms with Crippen molar-refractivity contribution in [2.45, 2.75) is 0 Å². The summed E-state index contributed by atoms with van der Waals surface area (Å²) in [5.41, 5.74) is -0.878. The Hall–Kier alpha value is -2.68. The fourth-order valence-corrected chi connectivity index (χ4v) is 1.91. The van der Waals surface area contributed by atoms with Crippen molar-refractivity contribution in [1.82, 2.24) is 4.90 Å². The number of carbonyl (C=O) groups is 3. The van der Waals surface area contributed by atoms with Gasteiger partial charge in [-0.3, -0.25) is 14.9 Å². The van der Waals surface area contributed by atoms with E-state index in [1.807, 2.05) is 0 Å². The molecule has 0 N–H and O–H groups in total. The van der Waals surface area contributed by atoms with E-state index in [-0.39, 0.29) is 23.7 Å². The molecule has 22 heavy (non-hydrogen) atoms. The third-order valence-electron chi connectivity index (χ3n) is 2.76. The first-order chi connectivity index (χ1) is 10.4. The Kier molecular flexibility index (Phi) is 4.56. The van der Waals surface area contributed by atoms with E-state index in [1.165, 1.54) is 6.07 Å². The number of halogens is 1. The van der Waals surface area contributed by atoms with Gasteiger partial charge in [-0.25, -0.2) is 14.5 Å². The Morgan fingerprint density at radius 2 is 2.18 bits per heavy atom. The molecule has 2 rings (SSSR count). The van der Waals surface area contributed by atoms with Gasteiger partial charge in [0, 0.05) is 11.1 Å². The molecule has 0 bridgehead atoms. The molecule has 1 aromatic rings. The summed E-state index contributed by atoms with van der Waals surface area (Å²) in [6, 6.07) is 3.37. The number of imide groups is 1. The number of benzene rings is 1. The minimum Gasteiger partial charge on any atom is -0.452 e. The van der Waals surface area contributed by atoms with Crippen LogP contribution in [0.5, 0.6) is 0 Å². The van der Waals surface area contributed by atoms with Crippen LogP contribution < -0.4 is 0 Å². The Labute approximate surface area is 128 Å². The van der Waals surface area contributed by atoms with Crippen LogP contribution in [0.4, 0.5) is 10.5 Å². The van der Waals surface area contributed by atoms with Gasteiger partial charge in [0.05, 0.1) is 11.5 Å². The Bertz CT molecular complexity index is 661. The number of esters is 1. The van der Waals surface area contributed by atoms with Crippen molar-refractivity contribution in [3.8, 4) is 0 Å². The molecule has 1 saturated heterocycles. The summed E-state index contributed by atoms with van der Waals surface area (Å²) >= 11 is 5.68. The van der Waals surface area contributed by atoms with Crippen molar-refractivity contribution < 1.29 is 28.8 Å². The number of hydrogen-bond donors (Lipinski definition) is 0. The number of ether oxygens (including phenoxy) is 2. The second-order valence-corrected chi connectivity index (χ2v) is 4.59. The molecule has 0 aliphatic carbocycles. The van der Waals surface area contributed by atoms with Gasteiger partial charge in [0.2, 0.25) is 0 Å². The molecule has 0 radical (unpaired) electrons. The molecule has 1 aliphatic rings. The molecule has 0 aromatic heterocycles. The highest BCUT2D eigenvalue weighted by atomic mass is 35.5. The van der Waals surface area contributed by atoms with E-state index < -0.39 is 35.2 Å². The molecule has 0 atom stereocenters. The molecular weight excluding hydrogens is 320 g/mol. The van der Waals surface area contributed by atoms with Crippen LogP contribution in [0.1, 0.15) is 10.4 Å². The van der Waals surface area contributed by atoms with E-state index in [2.05, 4.69) is 4.74 Å². The standard InChI is InChI=1S/C12H9ClN2O7/c13-7-1-2-9(15(19)20)8(5-7)11(17)22-6-10(16)14-3-4-21-12(14)18/h1-2,5H,3-4,6H2. The predicted octanol–water partition coefficient (Wildman–Crippen LogP) is 1.38. The second kappa shape index (κ2) is 6.39. The van der Waals surface area contributed by atoms with Gasteiger partial charge in [-0.15, -0.1) is 0 Å². The van der Waals surface area contributed by atoms with Gasteiger partial charge < -0.3 is 9.47 Å². The highest BCUT2D eigenvalue weighted by molar-refractivity contribution is 6.31. The minimum atomic E-state index is -1.09. The first-order valence-corrected chi connectivity index (χ1v) is 6.36. The van der Waals surface area contributed by atoms with Crippen molar-refractivity contribution in [2.75, 3.05) is 19.8 Å². The zero-order valence-electron chi connectivity index (χ0n) is 11.0. The van der Waals surface area contributed by atoms with Crippen molar-refractivity contribution in [3.05, 3.63) is 38.9 Å². The molecule has 10 heteroatoms. The lowest BCUT2D eigenvalue weighted by Gasteiger charge is -2.10. The molecule has 1 fully saturated rings. The molecular formula is C12H9ClN2O7. The minimum absolute atomic E-state index is 0.0620. The molecule has 0 unspecified atom stereocenters. The molecule has 0 spiro atoms. The zero-order valence-corrected chi connectivity index (χ0v) is 11.7. The largest absolute Gasteiger partial charge is 0.452 e. The highest BCUT2D eigenvalue weighted by Gasteiger charge is 2.30. The number of nitrogens with zero attached hydrogens (tertiary/aromatic N) is 2. The maximum absolute atomic E-state index is 11.9. The summed E-state index contributed by atoms with van der Waals surface area (Å²) in [4.78, 5) is 45.5. The first-order valence-electron chi connectivity index (χ1n) is 5.98. The lowest BCUT2D eigenvalue weighted by atomic mass is 10.2. The summed E-state index contributed by atoms with van der Waals surface area (Å²) in [6.45, 7) is -0.609. The zero-order chi connectivity index (χ0) is 16.3. The SMILES string of the molecule is O=C(OCC(=O)N1CCOC1=O)c1cc(Cl)ccc1[N+](=O)[O-]. The van der Waals surface area contributed by atoms with Crippen LogP contribution in [0.2, 0.25) is 5.02 Å². The lowest BCUT2D eigenvalue weighted by Crippen LogP contribution is -2.35. The van der Waals surface area contributed by atoms with Gasteiger partial charge >= 0.3 is 12.1 Å². The third kappa shape index (κ3) is 3.31. The molecule has 1 heterocycles. The highest BCUT2D eigenvalue weighted by Crippen LogP contribution is 2.23. The van der Waals surface area contributed by atoms with Gasteiger partial charge in [0.15, 0.2) is 6.61 Å². The normalized spacial score (nSPS) is 13.7. The number of amides is 2. The number of nitro groups is 1. The van der Waals surface area contributed by atoms with E-state index in [0.717, 1.165) is 17.0 Å². The maximum Gasteiger partial charge on any atom is 0.416 e.